The Bertz CT molecular complexity index is 930. The van der Waals surface area contributed by atoms with Gasteiger partial charge in [-0.3, -0.25) is 4.79 Å². The number of benzene rings is 2. The molecule has 0 unspecified atom stereocenters. The zero-order valence-electron chi connectivity index (χ0n) is 14.6. The van der Waals surface area contributed by atoms with Gasteiger partial charge in [-0.05, 0) is 43.3 Å². The van der Waals surface area contributed by atoms with Crippen LogP contribution in [-0.2, 0) is 4.79 Å². The first-order valence-electron chi connectivity index (χ1n) is 8.18. The Morgan fingerprint density at radius 1 is 1.26 bits per heavy atom. The number of nitrogens with zero attached hydrogens (tertiary/aromatic N) is 3. The second-order valence-corrected chi connectivity index (χ2v) is 6.86. The molecule has 7 nitrogen and oxygen atoms in total. The van der Waals surface area contributed by atoms with Crippen LogP contribution in [0.3, 0.4) is 0 Å². The lowest BCUT2D eigenvalue weighted by molar-refractivity contribution is -0.113. The van der Waals surface area contributed by atoms with Gasteiger partial charge in [0.05, 0.1) is 12.4 Å². The monoisotopic (exact) mass is 403 g/mol. The topological polar surface area (TPSA) is 95.1 Å². The number of rotatable bonds is 7. The molecule has 0 fully saturated rings. The van der Waals surface area contributed by atoms with Crippen molar-refractivity contribution in [2.75, 3.05) is 23.5 Å². The smallest absolute Gasteiger partial charge is 0.234 e. The second kappa shape index (κ2) is 8.79. The van der Waals surface area contributed by atoms with Crippen molar-refractivity contribution in [3.05, 3.63) is 53.6 Å². The van der Waals surface area contributed by atoms with Crippen molar-refractivity contribution >= 4 is 35.0 Å². The summed E-state index contributed by atoms with van der Waals surface area (Å²) in [5, 5.41) is 12.0. The summed E-state index contributed by atoms with van der Waals surface area (Å²) in [6.07, 6.45) is 0. The lowest BCUT2D eigenvalue weighted by Gasteiger charge is -2.07. The maximum absolute atomic E-state index is 12.1. The lowest BCUT2D eigenvalue weighted by Crippen LogP contribution is -2.16. The molecule has 0 radical (unpaired) electrons. The summed E-state index contributed by atoms with van der Waals surface area (Å²) >= 11 is 7.03. The normalized spacial score (nSPS) is 10.6. The Morgan fingerprint density at radius 2 is 2.04 bits per heavy atom. The number of carbonyl (C=O) groups is 1. The molecule has 0 spiro atoms. The first-order valence-corrected chi connectivity index (χ1v) is 9.55. The first kappa shape index (κ1) is 19.1. The summed E-state index contributed by atoms with van der Waals surface area (Å²) in [6.45, 7) is 2.49. The fourth-order valence-corrected chi connectivity index (χ4v) is 3.11. The summed E-state index contributed by atoms with van der Waals surface area (Å²) in [5.74, 6) is 7.30. The number of nitrogens with two attached hydrogens (primary N) is 1. The maximum Gasteiger partial charge on any atom is 0.234 e. The quantitative estimate of drug-likeness (QED) is 0.463. The summed E-state index contributed by atoms with van der Waals surface area (Å²) in [7, 11) is 0. The Kier molecular flexibility index (Phi) is 6.20. The van der Waals surface area contributed by atoms with E-state index in [0.29, 0.717) is 28.3 Å². The summed E-state index contributed by atoms with van der Waals surface area (Å²) in [4.78, 5) is 12.1. The summed E-state index contributed by atoms with van der Waals surface area (Å²) < 4.78 is 6.86. The molecule has 2 aromatic carbocycles. The largest absolute Gasteiger partial charge is 0.494 e. The summed E-state index contributed by atoms with van der Waals surface area (Å²) in [6, 6.07) is 14.3. The molecule has 1 heterocycles. The average Bonchev–Trinajstić information content (AvgIpc) is 3.03. The van der Waals surface area contributed by atoms with Crippen molar-refractivity contribution in [1.82, 2.24) is 14.9 Å². The van der Waals surface area contributed by atoms with E-state index >= 15 is 0 Å². The Labute approximate surface area is 165 Å². The molecule has 0 bridgehead atoms. The molecule has 9 heteroatoms. The number of ether oxygens (including phenoxy) is 1. The van der Waals surface area contributed by atoms with E-state index in [9.17, 15) is 4.79 Å². The van der Waals surface area contributed by atoms with Gasteiger partial charge in [-0.2, -0.15) is 0 Å². The molecule has 0 saturated heterocycles. The van der Waals surface area contributed by atoms with Crippen LogP contribution in [0.5, 0.6) is 5.75 Å². The molecule has 1 aromatic heterocycles. The van der Waals surface area contributed by atoms with Gasteiger partial charge in [-0.25, -0.2) is 4.68 Å². The molecule has 0 atom stereocenters. The van der Waals surface area contributed by atoms with Crippen LogP contribution in [0.2, 0.25) is 5.02 Å². The molecule has 140 valence electrons. The van der Waals surface area contributed by atoms with Gasteiger partial charge in [-0.1, -0.05) is 35.5 Å². The molecule has 0 aliphatic heterocycles. The van der Waals surface area contributed by atoms with Crippen LogP contribution in [-0.4, -0.2) is 33.1 Å². The molecular weight excluding hydrogens is 386 g/mol. The van der Waals surface area contributed by atoms with Crippen LogP contribution < -0.4 is 15.9 Å². The van der Waals surface area contributed by atoms with Crippen LogP contribution in [0.25, 0.3) is 11.4 Å². The number of anilines is 1. The number of nitrogen functional groups attached to an aromatic ring is 1. The standard InChI is InChI=1S/C18H18ClN5O2S/c1-2-26-15-5-3-4-12(10-15)17-22-23-18(24(17)20)27-11-16(25)21-14-8-6-13(19)7-9-14/h3-10H,2,11,20H2,1H3,(H,21,25). The molecule has 0 saturated carbocycles. The zero-order valence-corrected chi connectivity index (χ0v) is 16.1. The van der Waals surface area contributed by atoms with Gasteiger partial charge in [-0.15, -0.1) is 10.2 Å². The van der Waals surface area contributed by atoms with Crippen molar-refractivity contribution in [3.63, 3.8) is 0 Å². The van der Waals surface area contributed by atoms with Crippen LogP contribution in [0.15, 0.2) is 53.7 Å². The third kappa shape index (κ3) is 4.93. The van der Waals surface area contributed by atoms with E-state index < -0.39 is 0 Å². The van der Waals surface area contributed by atoms with Gasteiger partial charge >= 0.3 is 0 Å². The molecular formula is C18H18ClN5O2S. The van der Waals surface area contributed by atoms with Gasteiger partial charge in [0.25, 0.3) is 0 Å². The van der Waals surface area contributed by atoms with Crippen molar-refractivity contribution in [2.45, 2.75) is 12.1 Å². The fraction of sp³-hybridized carbons (Fsp3) is 0.167. The minimum atomic E-state index is -0.176. The van der Waals surface area contributed by atoms with E-state index in [-0.39, 0.29) is 11.7 Å². The van der Waals surface area contributed by atoms with E-state index in [0.717, 1.165) is 11.3 Å². The van der Waals surface area contributed by atoms with Crippen molar-refractivity contribution < 1.29 is 9.53 Å². The molecule has 1 amide bonds. The fourth-order valence-electron chi connectivity index (χ4n) is 2.32. The number of amides is 1. The second-order valence-electron chi connectivity index (χ2n) is 5.48. The minimum absolute atomic E-state index is 0.150. The van der Waals surface area contributed by atoms with Gasteiger partial charge in [0.15, 0.2) is 5.82 Å². The van der Waals surface area contributed by atoms with Gasteiger partial charge in [0, 0.05) is 16.3 Å². The third-order valence-corrected chi connectivity index (χ3v) is 4.72. The first-order chi connectivity index (χ1) is 13.1. The molecule has 3 N–H and O–H groups in total. The molecule has 3 aromatic rings. The zero-order chi connectivity index (χ0) is 19.2. The van der Waals surface area contributed by atoms with E-state index in [1.807, 2.05) is 31.2 Å². The van der Waals surface area contributed by atoms with Crippen molar-refractivity contribution in [3.8, 4) is 17.1 Å². The van der Waals surface area contributed by atoms with Crippen LogP contribution in [0.1, 0.15) is 6.92 Å². The molecule has 27 heavy (non-hydrogen) atoms. The minimum Gasteiger partial charge on any atom is -0.494 e. The average molecular weight is 404 g/mol. The number of hydrogen-bond donors (Lipinski definition) is 2. The van der Waals surface area contributed by atoms with Gasteiger partial charge in [0.2, 0.25) is 11.1 Å². The van der Waals surface area contributed by atoms with Crippen LogP contribution in [0, 0.1) is 0 Å². The van der Waals surface area contributed by atoms with Crippen LogP contribution >= 0.6 is 23.4 Å². The Morgan fingerprint density at radius 3 is 2.78 bits per heavy atom. The number of carbonyl (C=O) groups excluding carboxylic acids is 1. The number of aromatic nitrogens is 3. The van der Waals surface area contributed by atoms with E-state index in [1.54, 1.807) is 24.3 Å². The predicted octanol–water partition coefficient (Wildman–Crippen LogP) is 3.44. The Hall–Kier alpha value is -2.71. The summed E-state index contributed by atoms with van der Waals surface area (Å²) in [5.41, 5.74) is 1.46. The third-order valence-electron chi connectivity index (χ3n) is 3.53. The highest BCUT2D eigenvalue weighted by atomic mass is 35.5. The maximum atomic E-state index is 12.1. The SMILES string of the molecule is CCOc1cccc(-c2nnc(SCC(=O)Nc3ccc(Cl)cc3)n2N)c1. The highest BCUT2D eigenvalue weighted by Crippen LogP contribution is 2.25. The van der Waals surface area contributed by atoms with Crippen molar-refractivity contribution in [2.24, 2.45) is 0 Å². The number of halogens is 1. The lowest BCUT2D eigenvalue weighted by atomic mass is 10.2. The molecule has 0 aliphatic carbocycles. The van der Waals surface area contributed by atoms with Gasteiger partial charge in [0.1, 0.15) is 5.75 Å². The van der Waals surface area contributed by atoms with Gasteiger partial charge < -0.3 is 15.9 Å². The number of thioether (sulfide) groups is 1. The highest BCUT2D eigenvalue weighted by molar-refractivity contribution is 7.99. The van der Waals surface area contributed by atoms with Crippen molar-refractivity contribution in [1.29, 1.82) is 0 Å². The highest BCUT2D eigenvalue weighted by Gasteiger charge is 2.14. The van der Waals surface area contributed by atoms with Crippen LogP contribution in [0.4, 0.5) is 5.69 Å². The van der Waals surface area contributed by atoms with E-state index in [2.05, 4.69) is 15.5 Å². The Balaban J connectivity index is 1.64. The molecule has 0 aliphatic rings. The van der Waals surface area contributed by atoms with E-state index in [4.69, 9.17) is 22.2 Å². The predicted molar refractivity (Wildman–Crippen MR) is 108 cm³/mol. The number of hydrogen-bond acceptors (Lipinski definition) is 6. The van der Waals surface area contributed by atoms with E-state index in [1.165, 1.54) is 16.4 Å². The number of nitrogens with one attached hydrogen (secondary N) is 1. The molecule has 3 rings (SSSR count).